The van der Waals surface area contributed by atoms with Crippen molar-refractivity contribution in [2.24, 2.45) is 11.8 Å². The molecule has 0 bridgehead atoms. The number of hydrogen-bond acceptors (Lipinski definition) is 7. The highest BCUT2D eigenvalue weighted by Crippen LogP contribution is 2.75. The normalized spacial score (nSPS) is 59.5. The maximum absolute atomic E-state index is 12.2. The number of carbonyl (C=O) groups excluding carboxylic acids is 2. The molecule has 3 saturated heterocycles. The van der Waals surface area contributed by atoms with E-state index in [0.29, 0.717) is 0 Å². The largest absolute Gasteiger partial charge is 0.462 e. The van der Waals surface area contributed by atoms with Crippen molar-refractivity contribution >= 4 is 11.9 Å². The molecule has 3 aliphatic heterocycles. The van der Waals surface area contributed by atoms with Gasteiger partial charge in [0.25, 0.3) is 0 Å². The Hall–Kier alpha value is -1.44. The molecule has 130 valence electrons. The first kappa shape index (κ1) is 14.9. The fourth-order valence-electron chi connectivity index (χ4n) is 5.65. The quantitative estimate of drug-likeness (QED) is 0.412. The Morgan fingerprint density at radius 3 is 2.71 bits per heavy atom. The van der Waals surface area contributed by atoms with Crippen molar-refractivity contribution in [1.82, 2.24) is 0 Å². The highest BCUT2D eigenvalue weighted by atomic mass is 16.7. The van der Waals surface area contributed by atoms with E-state index >= 15 is 0 Å². The molecule has 9 atom stereocenters. The van der Waals surface area contributed by atoms with Crippen molar-refractivity contribution in [3.8, 4) is 0 Å². The van der Waals surface area contributed by atoms with Crippen LogP contribution in [0.1, 0.15) is 27.2 Å². The van der Waals surface area contributed by atoms with Gasteiger partial charge in [-0.2, -0.15) is 0 Å². The number of hydrogen-bond donors (Lipinski definition) is 1. The molecule has 2 saturated carbocycles. The zero-order valence-corrected chi connectivity index (χ0v) is 13.8. The second-order valence-electron chi connectivity index (χ2n) is 8.08. The SMILES string of the molecule is C=C1C(=O)O[C@H]2[C@H]1[C@@H](OC(C)=O)C[C@](C)(O)[C@@]13O[C@@H]1[C@@H]1O[C@]1(C)[C@H]23. The monoisotopic (exact) mass is 336 g/mol. The summed E-state index contributed by atoms with van der Waals surface area (Å²) < 4.78 is 22.9. The lowest BCUT2D eigenvalue weighted by atomic mass is 9.74. The minimum Gasteiger partial charge on any atom is -0.462 e. The van der Waals surface area contributed by atoms with Crippen LogP contribution in [0.3, 0.4) is 0 Å². The Morgan fingerprint density at radius 1 is 1.33 bits per heavy atom. The molecule has 3 heterocycles. The van der Waals surface area contributed by atoms with Crippen LogP contribution in [0.25, 0.3) is 0 Å². The zero-order valence-electron chi connectivity index (χ0n) is 13.8. The number of fused-ring (bicyclic) bond motifs is 5. The molecule has 0 amide bonds. The molecule has 0 aromatic carbocycles. The first-order chi connectivity index (χ1) is 11.1. The highest BCUT2D eigenvalue weighted by molar-refractivity contribution is 5.91. The fourth-order valence-corrected chi connectivity index (χ4v) is 5.65. The summed E-state index contributed by atoms with van der Waals surface area (Å²) in [6, 6.07) is 0. The summed E-state index contributed by atoms with van der Waals surface area (Å²) in [5.74, 6) is -1.76. The van der Waals surface area contributed by atoms with E-state index in [1.54, 1.807) is 6.92 Å². The second-order valence-corrected chi connectivity index (χ2v) is 8.08. The molecule has 5 rings (SSSR count). The van der Waals surface area contributed by atoms with Crippen LogP contribution < -0.4 is 0 Å². The molecule has 0 aromatic rings. The van der Waals surface area contributed by atoms with Crippen molar-refractivity contribution in [2.45, 2.75) is 68.4 Å². The molecule has 5 aliphatic rings. The maximum Gasteiger partial charge on any atom is 0.334 e. The number of esters is 2. The van der Waals surface area contributed by atoms with Crippen molar-refractivity contribution in [1.29, 1.82) is 0 Å². The lowest BCUT2D eigenvalue weighted by molar-refractivity contribution is -0.152. The molecule has 1 spiro atoms. The van der Waals surface area contributed by atoms with Crippen molar-refractivity contribution in [2.75, 3.05) is 0 Å². The maximum atomic E-state index is 12.2. The van der Waals surface area contributed by atoms with Gasteiger partial charge in [-0.25, -0.2) is 4.79 Å². The van der Waals surface area contributed by atoms with Gasteiger partial charge in [0.15, 0.2) is 0 Å². The van der Waals surface area contributed by atoms with Crippen molar-refractivity contribution in [3.05, 3.63) is 12.2 Å². The van der Waals surface area contributed by atoms with Crippen LogP contribution in [0.4, 0.5) is 0 Å². The molecular weight excluding hydrogens is 316 g/mol. The molecular formula is C17H20O7. The topological polar surface area (TPSA) is 97.9 Å². The Kier molecular flexibility index (Phi) is 2.39. The summed E-state index contributed by atoms with van der Waals surface area (Å²) in [5, 5.41) is 11.2. The first-order valence-electron chi connectivity index (χ1n) is 8.28. The molecule has 1 N–H and O–H groups in total. The number of carbonyl (C=O) groups is 2. The van der Waals surface area contributed by atoms with Gasteiger partial charge in [0, 0.05) is 18.9 Å². The van der Waals surface area contributed by atoms with Crippen LogP contribution in [-0.4, -0.2) is 58.3 Å². The minimum absolute atomic E-state index is 0.0903. The van der Waals surface area contributed by atoms with Crippen LogP contribution in [-0.2, 0) is 28.5 Å². The van der Waals surface area contributed by atoms with Gasteiger partial charge < -0.3 is 24.1 Å². The number of aliphatic hydroxyl groups is 1. The van der Waals surface area contributed by atoms with Gasteiger partial charge in [-0.1, -0.05) is 6.58 Å². The van der Waals surface area contributed by atoms with Crippen molar-refractivity contribution < 1.29 is 33.6 Å². The van der Waals surface area contributed by atoms with Crippen LogP contribution in [0, 0.1) is 11.8 Å². The van der Waals surface area contributed by atoms with Gasteiger partial charge in [0.1, 0.15) is 35.6 Å². The Bertz CT molecular complexity index is 699. The van der Waals surface area contributed by atoms with Gasteiger partial charge in [-0.05, 0) is 13.8 Å². The van der Waals surface area contributed by atoms with E-state index in [9.17, 15) is 14.7 Å². The third-order valence-electron chi connectivity index (χ3n) is 6.68. The van der Waals surface area contributed by atoms with Gasteiger partial charge in [0.05, 0.1) is 17.4 Å². The molecule has 2 aliphatic carbocycles. The average molecular weight is 336 g/mol. The summed E-state index contributed by atoms with van der Waals surface area (Å²) in [6.07, 6.45) is -1.41. The average Bonchev–Trinajstić information content (AvgIpc) is 3.29. The summed E-state index contributed by atoms with van der Waals surface area (Å²) in [5.41, 5.74) is -2.26. The smallest absolute Gasteiger partial charge is 0.334 e. The number of rotatable bonds is 1. The van der Waals surface area contributed by atoms with E-state index in [2.05, 4.69) is 6.58 Å². The molecule has 5 fully saturated rings. The highest BCUT2D eigenvalue weighted by Gasteiger charge is 2.93. The van der Waals surface area contributed by atoms with Gasteiger partial charge >= 0.3 is 11.9 Å². The summed E-state index contributed by atoms with van der Waals surface area (Å²) >= 11 is 0. The molecule has 7 nitrogen and oxygen atoms in total. The summed E-state index contributed by atoms with van der Waals surface area (Å²) in [6.45, 7) is 8.83. The molecule has 0 radical (unpaired) electrons. The molecule has 0 unspecified atom stereocenters. The van der Waals surface area contributed by atoms with E-state index in [1.165, 1.54) is 6.92 Å². The standard InChI is InChI=1S/C17H20O7/c1-6-9-8(21-7(2)18)5-15(3,20)17-11(10(9)22-14(6)19)16(4)12(23-16)13(17)24-17/h8-13,20H,1,5H2,2-4H3/t8-,9+,10-,11-,12-,13+,15-,16+,17-/m0/s1. The Labute approximate surface area is 138 Å². The predicted molar refractivity (Wildman–Crippen MR) is 77.7 cm³/mol. The Balaban J connectivity index is 1.65. The first-order valence-corrected chi connectivity index (χ1v) is 8.28. The van der Waals surface area contributed by atoms with Crippen LogP contribution in [0.2, 0.25) is 0 Å². The number of ether oxygens (including phenoxy) is 4. The van der Waals surface area contributed by atoms with Crippen LogP contribution >= 0.6 is 0 Å². The molecule has 7 heteroatoms. The van der Waals surface area contributed by atoms with E-state index < -0.39 is 46.9 Å². The van der Waals surface area contributed by atoms with Gasteiger partial charge in [0.2, 0.25) is 0 Å². The van der Waals surface area contributed by atoms with Crippen LogP contribution in [0.5, 0.6) is 0 Å². The molecule has 0 aromatic heterocycles. The van der Waals surface area contributed by atoms with E-state index in [4.69, 9.17) is 18.9 Å². The molecule has 24 heavy (non-hydrogen) atoms. The summed E-state index contributed by atoms with van der Waals surface area (Å²) in [7, 11) is 0. The lowest BCUT2D eigenvalue weighted by Gasteiger charge is -2.36. The van der Waals surface area contributed by atoms with Crippen molar-refractivity contribution in [3.63, 3.8) is 0 Å². The minimum atomic E-state index is -1.22. The third-order valence-corrected chi connectivity index (χ3v) is 6.68. The van der Waals surface area contributed by atoms with E-state index in [0.717, 1.165) is 0 Å². The lowest BCUT2D eigenvalue weighted by Crippen LogP contribution is -2.53. The second kappa shape index (κ2) is 3.86. The van der Waals surface area contributed by atoms with Gasteiger partial charge in [-0.3, -0.25) is 4.79 Å². The number of epoxide rings is 2. The van der Waals surface area contributed by atoms with Crippen LogP contribution in [0.15, 0.2) is 12.2 Å². The predicted octanol–water partition coefficient (Wildman–Crippen LogP) is 0.0955. The fraction of sp³-hybridized carbons (Fsp3) is 0.765. The third kappa shape index (κ3) is 1.41. The van der Waals surface area contributed by atoms with E-state index in [1.807, 2.05) is 6.92 Å². The van der Waals surface area contributed by atoms with Gasteiger partial charge in [-0.15, -0.1) is 0 Å². The summed E-state index contributed by atoms with van der Waals surface area (Å²) in [4.78, 5) is 23.7. The zero-order chi connectivity index (χ0) is 17.2. The Morgan fingerprint density at radius 2 is 2.04 bits per heavy atom. The van der Waals surface area contributed by atoms with E-state index in [-0.39, 0.29) is 30.1 Å².